The molecule has 0 bridgehead atoms. The van der Waals surface area contributed by atoms with E-state index in [-0.39, 0.29) is 11.8 Å². The fourth-order valence-corrected chi connectivity index (χ4v) is 16.4. The Balaban J connectivity index is 1.03. The summed E-state index contributed by atoms with van der Waals surface area (Å²) in [4.78, 5) is 0. The molecule has 0 aromatic rings. The van der Waals surface area contributed by atoms with E-state index in [2.05, 4.69) is 26.8 Å². The summed E-state index contributed by atoms with van der Waals surface area (Å²) in [5.41, 5.74) is -2.71. The summed E-state index contributed by atoms with van der Waals surface area (Å²) in [6.07, 6.45) is -29.1. The molecule has 8 aliphatic rings. The van der Waals surface area contributed by atoms with Crippen molar-refractivity contribution in [2.75, 3.05) is 26.4 Å². The van der Waals surface area contributed by atoms with Gasteiger partial charge in [0.15, 0.2) is 25.2 Å². The summed E-state index contributed by atoms with van der Waals surface area (Å²) >= 11 is 0. The van der Waals surface area contributed by atoms with E-state index in [0.717, 1.165) is 5.57 Å². The van der Waals surface area contributed by atoms with Gasteiger partial charge < -0.3 is 120 Å². The second-order valence-electron chi connectivity index (χ2n) is 25.9. The number of hydrogen-bond donors (Lipinski definition) is 16. The Bertz CT molecular complexity index is 2030. The molecule has 4 aliphatic heterocycles. The Labute approximate surface area is 455 Å². The third kappa shape index (κ3) is 10.8. The number of aliphatic hydroxyl groups is 16. The zero-order chi connectivity index (χ0) is 57.5. The van der Waals surface area contributed by atoms with Crippen molar-refractivity contribution in [1.82, 2.24) is 0 Å². The average Bonchev–Trinajstić information content (AvgIpc) is 3.93. The molecule has 0 radical (unpaired) electrons. The molecule has 8 rings (SSSR count). The second-order valence-corrected chi connectivity index (χ2v) is 25.9. The zero-order valence-electron chi connectivity index (χ0n) is 46.1. The van der Waals surface area contributed by atoms with Gasteiger partial charge in [-0.15, -0.1) is 0 Å². The molecule has 24 nitrogen and oxygen atoms in total. The first-order valence-corrected chi connectivity index (χ1v) is 28.0. The van der Waals surface area contributed by atoms with Crippen LogP contribution in [0.3, 0.4) is 0 Å². The van der Waals surface area contributed by atoms with Crippen LogP contribution in [0, 0.1) is 45.3 Å². The van der Waals surface area contributed by atoms with Crippen molar-refractivity contribution < 1.29 is 120 Å². The third-order valence-electron chi connectivity index (χ3n) is 20.8. The fraction of sp³-hybridized carbons (Fsp3) is 0.963. The summed E-state index contributed by atoms with van der Waals surface area (Å²) in [7, 11) is 0. The van der Waals surface area contributed by atoms with Crippen molar-refractivity contribution in [3.05, 3.63) is 11.6 Å². The molecule has 24 heteroatoms. The summed E-state index contributed by atoms with van der Waals surface area (Å²) in [5.74, 6) is -1.34. The lowest BCUT2D eigenvalue weighted by Gasteiger charge is -2.71. The molecule has 4 saturated heterocycles. The lowest BCUT2D eigenvalue weighted by Crippen LogP contribution is -2.70. The Morgan fingerprint density at radius 1 is 0.564 bits per heavy atom. The normalized spacial score (nSPS) is 53.1. The van der Waals surface area contributed by atoms with Crippen molar-refractivity contribution >= 4 is 0 Å². The molecule has 0 aromatic carbocycles. The quantitative estimate of drug-likeness (QED) is 0.0534. The molecule has 4 saturated carbocycles. The number of aliphatic hydroxyl groups excluding tert-OH is 16. The lowest BCUT2D eigenvalue weighted by atomic mass is 9.34. The largest absolute Gasteiger partial charge is 0.394 e. The maximum Gasteiger partial charge on any atom is 0.187 e. The van der Waals surface area contributed by atoms with Gasteiger partial charge in [-0.3, -0.25) is 0 Å². The Hall–Kier alpha value is -1.22. The van der Waals surface area contributed by atoms with Crippen LogP contribution in [0.15, 0.2) is 11.6 Å². The fourth-order valence-electron chi connectivity index (χ4n) is 16.4. The van der Waals surface area contributed by atoms with E-state index in [1.54, 1.807) is 0 Å². The van der Waals surface area contributed by atoms with Crippen LogP contribution in [-0.4, -0.2) is 255 Å². The van der Waals surface area contributed by atoms with Gasteiger partial charge in [-0.1, -0.05) is 46.3 Å². The standard InChI is InChI=1S/C54H92O24/c1-22(2)10-9-13-54(8,78-48-43(70)39(66)36(63)29(75-48)21-71-46-41(68)37(64)33(60)26(18-55)72-46)23-11-15-52(6)32(23)24(58)16-30-51(5)14-12-31(50(3,4)45(51)25(59)17-53(30,52)7)76-49-44(40(67)35(62)28(20-57)74-49)77-47-42(69)38(65)34(61)27(19-56)73-47/h10,23-49,55-70H,9,11-21H2,1-8H3/t23-,24+,25-,26+,27+,28+,29+,30+,31-,32-,33+,34+,35+,36+,37-,38-,39-,40-,41+,42+,43+,44+,45-,46+,47-,48-,49-,51+,52+,53+,54-/m0/s1. The highest BCUT2D eigenvalue weighted by Crippen LogP contribution is 2.76. The van der Waals surface area contributed by atoms with E-state index in [1.165, 1.54) is 0 Å². The van der Waals surface area contributed by atoms with Crippen LogP contribution in [0.5, 0.6) is 0 Å². The molecule has 452 valence electrons. The van der Waals surface area contributed by atoms with Crippen LogP contribution >= 0.6 is 0 Å². The number of allylic oxidation sites excluding steroid dienone is 2. The molecule has 0 spiro atoms. The number of rotatable bonds is 16. The van der Waals surface area contributed by atoms with Crippen LogP contribution in [0.1, 0.15) is 107 Å². The summed E-state index contributed by atoms with van der Waals surface area (Å²) in [6, 6.07) is 0. The maximum absolute atomic E-state index is 12.8. The number of fused-ring (bicyclic) bond motifs is 5. The first-order valence-electron chi connectivity index (χ1n) is 28.0. The predicted molar refractivity (Wildman–Crippen MR) is 268 cm³/mol. The van der Waals surface area contributed by atoms with E-state index in [0.29, 0.717) is 51.4 Å². The van der Waals surface area contributed by atoms with Crippen LogP contribution in [0.2, 0.25) is 0 Å². The van der Waals surface area contributed by atoms with Gasteiger partial charge in [-0.05, 0) is 117 Å². The molecule has 0 aromatic heterocycles. The lowest BCUT2D eigenvalue weighted by molar-refractivity contribution is -0.380. The van der Waals surface area contributed by atoms with Gasteiger partial charge >= 0.3 is 0 Å². The molecular formula is C54H92O24. The van der Waals surface area contributed by atoms with Gasteiger partial charge in [0.1, 0.15) is 97.7 Å². The second kappa shape index (κ2) is 23.7. The van der Waals surface area contributed by atoms with Crippen LogP contribution in [0.25, 0.3) is 0 Å². The smallest absolute Gasteiger partial charge is 0.187 e. The first-order chi connectivity index (χ1) is 36.5. The van der Waals surface area contributed by atoms with Gasteiger partial charge in [0.2, 0.25) is 0 Å². The Morgan fingerprint density at radius 3 is 1.65 bits per heavy atom. The highest BCUT2D eigenvalue weighted by molar-refractivity contribution is 5.22. The molecular weight excluding hydrogens is 1030 g/mol. The zero-order valence-corrected chi connectivity index (χ0v) is 46.1. The van der Waals surface area contributed by atoms with E-state index in [9.17, 15) is 81.7 Å². The monoisotopic (exact) mass is 1120 g/mol. The van der Waals surface area contributed by atoms with Crippen molar-refractivity contribution in [3.63, 3.8) is 0 Å². The average molecular weight is 1130 g/mol. The topological polar surface area (TPSA) is 398 Å². The van der Waals surface area contributed by atoms with Gasteiger partial charge in [-0.2, -0.15) is 0 Å². The van der Waals surface area contributed by atoms with Crippen molar-refractivity contribution in [3.8, 4) is 0 Å². The van der Waals surface area contributed by atoms with E-state index < -0.39 is 207 Å². The molecule has 16 N–H and O–H groups in total. The number of hydrogen-bond acceptors (Lipinski definition) is 24. The summed E-state index contributed by atoms with van der Waals surface area (Å²) in [6.45, 7) is 13.7. The van der Waals surface area contributed by atoms with Gasteiger partial charge in [0.25, 0.3) is 0 Å². The Morgan fingerprint density at radius 2 is 1.08 bits per heavy atom. The van der Waals surface area contributed by atoms with E-state index >= 15 is 0 Å². The minimum atomic E-state index is -1.85. The van der Waals surface area contributed by atoms with Crippen molar-refractivity contribution in [2.24, 2.45) is 45.3 Å². The molecule has 78 heavy (non-hydrogen) atoms. The molecule has 31 atom stereocenters. The van der Waals surface area contributed by atoms with Gasteiger partial charge in [0.05, 0.1) is 50.3 Å². The molecule has 4 aliphatic carbocycles. The minimum absolute atomic E-state index is 0.139. The summed E-state index contributed by atoms with van der Waals surface area (Å²) in [5, 5.41) is 175. The molecule has 8 fully saturated rings. The third-order valence-corrected chi connectivity index (χ3v) is 20.8. The maximum atomic E-state index is 12.8. The van der Waals surface area contributed by atoms with E-state index in [4.69, 9.17) is 37.9 Å². The molecule has 0 unspecified atom stereocenters. The minimum Gasteiger partial charge on any atom is -0.394 e. The molecule has 4 heterocycles. The SMILES string of the molecule is CC(C)=CCC[C@](C)(O[C@@H]1O[C@H](CO[C@@H]2O[C@H](CO)[C@@H](O)[C@H](O)[C@H]2O)[C@@H](O)[C@H](O)[C@H]1O)[C@H]1CC[C@]2(C)[C@@H]1[C@H](O)C[C@@H]1[C@@]3(C)CC[C@H](O[C@@H]4O[C@H](CO)[C@@H](O)[C@H](O)[C@H]4O[C@@H]4O[C@H](CO)[C@@H](O)[C@H](O)[C@H]4O)C(C)(C)[C@@H]3[C@@H](O)C[C@]12C. The van der Waals surface area contributed by atoms with Crippen LogP contribution < -0.4 is 0 Å². The Kier molecular flexibility index (Phi) is 19.1. The highest BCUT2D eigenvalue weighted by Gasteiger charge is 2.74. The summed E-state index contributed by atoms with van der Waals surface area (Å²) < 4.78 is 48.7. The molecule has 0 amide bonds. The van der Waals surface area contributed by atoms with Crippen molar-refractivity contribution in [1.29, 1.82) is 0 Å². The number of ether oxygens (including phenoxy) is 8. The highest BCUT2D eigenvalue weighted by atomic mass is 16.8. The van der Waals surface area contributed by atoms with Gasteiger partial charge in [0, 0.05) is 0 Å². The van der Waals surface area contributed by atoms with Crippen molar-refractivity contribution in [2.45, 2.75) is 253 Å². The van der Waals surface area contributed by atoms with Crippen LogP contribution in [-0.2, 0) is 37.9 Å². The first kappa shape index (κ1) is 62.8. The van der Waals surface area contributed by atoms with Crippen LogP contribution in [0.4, 0.5) is 0 Å². The van der Waals surface area contributed by atoms with E-state index in [1.807, 2.05) is 34.6 Å². The predicted octanol–water partition coefficient (Wildman–Crippen LogP) is -3.23. The van der Waals surface area contributed by atoms with Gasteiger partial charge in [-0.25, -0.2) is 0 Å².